The van der Waals surface area contributed by atoms with Crippen molar-refractivity contribution in [3.8, 4) is 17.6 Å². The van der Waals surface area contributed by atoms with Gasteiger partial charge in [0.1, 0.15) is 0 Å². The van der Waals surface area contributed by atoms with Crippen LogP contribution in [-0.2, 0) is 0 Å². The Morgan fingerprint density at radius 3 is 2.44 bits per heavy atom. The quantitative estimate of drug-likeness (QED) is 0.797. The van der Waals surface area contributed by atoms with E-state index in [2.05, 4.69) is 15.9 Å². The van der Waals surface area contributed by atoms with Gasteiger partial charge in [0.15, 0.2) is 17.3 Å². The first-order valence-corrected chi connectivity index (χ1v) is 5.25. The third-order valence-electron chi connectivity index (χ3n) is 2.01. The molecule has 1 aromatic rings. The second-order valence-electron chi connectivity index (χ2n) is 2.95. The summed E-state index contributed by atoms with van der Waals surface area (Å²) in [5.74, 6) is 0.741. The molecule has 0 aliphatic heterocycles. The highest BCUT2D eigenvalue weighted by molar-refractivity contribution is 9.10. The number of nitriles is 1. The van der Waals surface area contributed by atoms with E-state index in [9.17, 15) is 4.79 Å². The molecule has 5 heteroatoms. The highest BCUT2D eigenvalue weighted by atomic mass is 79.9. The van der Waals surface area contributed by atoms with E-state index in [4.69, 9.17) is 14.7 Å². The Hall–Kier alpha value is -1.54. The molecule has 84 valence electrons. The summed E-state index contributed by atoms with van der Waals surface area (Å²) in [5, 5.41) is 8.47. The number of hydrogen-bond acceptors (Lipinski definition) is 4. The Morgan fingerprint density at radius 1 is 1.38 bits per heavy atom. The summed E-state index contributed by atoms with van der Waals surface area (Å²) < 4.78 is 10.7. The first-order valence-electron chi connectivity index (χ1n) is 4.45. The Kier molecular flexibility index (Phi) is 4.32. The third kappa shape index (κ3) is 2.52. The fourth-order valence-electron chi connectivity index (χ4n) is 1.23. The molecule has 1 aromatic carbocycles. The van der Waals surface area contributed by atoms with E-state index in [1.54, 1.807) is 12.1 Å². The summed E-state index contributed by atoms with van der Waals surface area (Å²) in [6.07, 6.45) is -0.159. The maximum atomic E-state index is 11.6. The predicted octanol–water partition coefficient (Wildman–Crippen LogP) is 2.56. The zero-order valence-electron chi connectivity index (χ0n) is 8.91. The number of ketones is 1. The van der Waals surface area contributed by atoms with Crippen LogP contribution in [0.25, 0.3) is 0 Å². The molecule has 0 radical (unpaired) electrons. The van der Waals surface area contributed by atoms with Crippen LogP contribution in [0.15, 0.2) is 16.6 Å². The van der Waals surface area contributed by atoms with Gasteiger partial charge in [-0.05, 0) is 28.1 Å². The van der Waals surface area contributed by atoms with Crippen molar-refractivity contribution in [1.82, 2.24) is 0 Å². The standard InChI is InChI=1S/C11H10BrNO3/c1-15-10-5-7(9(14)3-4-13)8(12)6-11(10)16-2/h5-6H,3H2,1-2H3. The number of hydrogen-bond donors (Lipinski definition) is 0. The smallest absolute Gasteiger partial charge is 0.178 e. The first-order chi connectivity index (χ1) is 7.63. The number of benzene rings is 1. The molecule has 0 saturated heterocycles. The third-order valence-corrected chi connectivity index (χ3v) is 2.67. The molecule has 0 spiro atoms. The molecule has 1 rings (SSSR count). The zero-order valence-corrected chi connectivity index (χ0v) is 10.5. The van der Waals surface area contributed by atoms with Crippen molar-refractivity contribution in [2.24, 2.45) is 0 Å². The van der Waals surface area contributed by atoms with Crippen molar-refractivity contribution in [3.63, 3.8) is 0 Å². The molecule has 0 fully saturated rings. The summed E-state index contributed by atoms with van der Waals surface area (Å²) in [5.41, 5.74) is 0.416. The van der Waals surface area contributed by atoms with Crippen LogP contribution in [0.5, 0.6) is 11.5 Å². The van der Waals surface area contributed by atoms with Gasteiger partial charge in [-0.3, -0.25) is 4.79 Å². The SMILES string of the molecule is COc1cc(Br)c(C(=O)CC#N)cc1OC. The minimum absolute atomic E-state index is 0.159. The fraction of sp³-hybridized carbons (Fsp3) is 0.273. The number of halogens is 1. The minimum Gasteiger partial charge on any atom is -0.493 e. The van der Waals surface area contributed by atoms with Gasteiger partial charge in [0.25, 0.3) is 0 Å². The van der Waals surface area contributed by atoms with Crippen molar-refractivity contribution in [2.45, 2.75) is 6.42 Å². The molecule has 16 heavy (non-hydrogen) atoms. The Balaban J connectivity index is 3.22. The molecule has 0 aromatic heterocycles. The van der Waals surface area contributed by atoms with E-state index in [1.165, 1.54) is 14.2 Å². The lowest BCUT2D eigenvalue weighted by molar-refractivity contribution is 0.0996. The molecule has 0 atom stereocenters. The van der Waals surface area contributed by atoms with Crippen LogP contribution in [0.3, 0.4) is 0 Å². The maximum Gasteiger partial charge on any atom is 0.178 e. The molecule has 0 aliphatic carbocycles. The van der Waals surface area contributed by atoms with E-state index >= 15 is 0 Å². The van der Waals surface area contributed by atoms with E-state index in [1.807, 2.05) is 6.07 Å². The van der Waals surface area contributed by atoms with Crippen LogP contribution in [0, 0.1) is 11.3 Å². The van der Waals surface area contributed by atoms with Gasteiger partial charge in [0.2, 0.25) is 0 Å². The maximum absolute atomic E-state index is 11.6. The monoisotopic (exact) mass is 283 g/mol. The second kappa shape index (κ2) is 5.52. The average Bonchev–Trinajstić information content (AvgIpc) is 2.28. The number of ether oxygens (including phenoxy) is 2. The zero-order chi connectivity index (χ0) is 12.1. The van der Waals surface area contributed by atoms with Gasteiger partial charge in [-0.15, -0.1) is 0 Å². The molecule has 0 unspecified atom stereocenters. The Morgan fingerprint density at radius 2 is 1.94 bits per heavy atom. The van der Waals surface area contributed by atoms with E-state index < -0.39 is 0 Å². The van der Waals surface area contributed by atoms with Crippen molar-refractivity contribution in [1.29, 1.82) is 5.26 Å². The van der Waals surface area contributed by atoms with Crippen molar-refractivity contribution in [3.05, 3.63) is 22.2 Å². The molecule has 0 aliphatic rings. The van der Waals surface area contributed by atoms with Gasteiger partial charge in [-0.25, -0.2) is 0 Å². The molecular weight excluding hydrogens is 274 g/mol. The van der Waals surface area contributed by atoms with E-state index in [-0.39, 0.29) is 12.2 Å². The Bertz CT molecular complexity index is 451. The number of carbonyl (C=O) groups is 1. The molecule has 0 N–H and O–H groups in total. The summed E-state index contributed by atoms with van der Waals surface area (Å²) >= 11 is 3.26. The number of rotatable bonds is 4. The predicted molar refractivity (Wildman–Crippen MR) is 61.8 cm³/mol. The fourth-order valence-corrected chi connectivity index (χ4v) is 1.78. The van der Waals surface area contributed by atoms with Crippen LogP contribution in [0.4, 0.5) is 0 Å². The van der Waals surface area contributed by atoms with Crippen molar-refractivity contribution >= 4 is 21.7 Å². The van der Waals surface area contributed by atoms with Gasteiger partial charge in [-0.2, -0.15) is 5.26 Å². The van der Waals surface area contributed by atoms with Crippen molar-refractivity contribution in [2.75, 3.05) is 14.2 Å². The Labute approximate surface area is 102 Å². The van der Waals surface area contributed by atoms with Crippen LogP contribution in [-0.4, -0.2) is 20.0 Å². The first kappa shape index (κ1) is 12.5. The number of carbonyl (C=O) groups excluding carboxylic acids is 1. The summed E-state index contributed by atoms with van der Waals surface area (Å²) in [7, 11) is 3.01. The average molecular weight is 284 g/mol. The highest BCUT2D eigenvalue weighted by Crippen LogP contribution is 2.33. The van der Waals surface area contributed by atoms with Gasteiger partial charge >= 0.3 is 0 Å². The largest absolute Gasteiger partial charge is 0.493 e. The minimum atomic E-state index is -0.254. The second-order valence-corrected chi connectivity index (χ2v) is 3.80. The van der Waals surface area contributed by atoms with Gasteiger partial charge < -0.3 is 9.47 Å². The number of nitrogens with zero attached hydrogens (tertiary/aromatic N) is 1. The van der Waals surface area contributed by atoms with Gasteiger partial charge in [0, 0.05) is 10.0 Å². The van der Waals surface area contributed by atoms with Gasteiger partial charge in [0.05, 0.1) is 26.7 Å². The van der Waals surface area contributed by atoms with Gasteiger partial charge in [-0.1, -0.05) is 0 Å². The lowest BCUT2D eigenvalue weighted by atomic mass is 10.1. The lowest BCUT2D eigenvalue weighted by Gasteiger charge is -2.10. The molecule has 0 saturated carbocycles. The van der Waals surface area contributed by atoms with E-state index in [0.717, 1.165) is 0 Å². The van der Waals surface area contributed by atoms with Crippen molar-refractivity contribution < 1.29 is 14.3 Å². The highest BCUT2D eigenvalue weighted by Gasteiger charge is 2.14. The van der Waals surface area contributed by atoms with E-state index in [0.29, 0.717) is 21.5 Å². The lowest BCUT2D eigenvalue weighted by Crippen LogP contribution is -2.01. The number of Topliss-reactive ketones (excluding diaryl/α,β-unsaturated/α-hetero) is 1. The molecule has 4 nitrogen and oxygen atoms in total. The summed E-state index contributed by atoms with van der Waals surface area (Å²) in [6.45, 7) is 0. The molecule has 0 amide bonds. The normalized spacial score (nSPS) is 9.38. The van der Waals surface area contributed by atoms with Crippen LogP contribution < -0.4 is 9.47 Å². The summed E-state index contributed by atoms with van der Waals surface area (Å²) in [6, 6.07) is 5.02. The van der Waals surface area contributed by atoms with Crippen LogP contribution in [0.2, 0.25) is 0 Å². The van der Waals surface area contributed by atoms with Crippen LogP contribution in [0.1, 0.15) is 16.8 Å². The van der Waals surface area contributed by atoms with Crippen LogP contribution >= 0.6 is 15.9 Å². The molecule has 0 bridgehead atoms. The summed E-state index contributed by atoms with van der Waals surface area (Å²) in [4.78, 5) is 11.6. The molecular formula is C11H10BrNO3. The molecule has 0 heterocycles. The number of methoxy groups -OCH3 is 2. The topological polar surface area (TPSA) is 59.3 Å².